The molecule has 5 heteroatoms. The number of rotatable bonds is 3. The van der Waals surface area contributed by atoms with Crippen LogP contribution in [0.4, 0.5) is 0 Å². The van der Waals surface area contributed by atoms with Crippen molar-refractivity contribution in [3.05, 3.63) is 108 Å². The number of phenols is 1. The van der Waals surface area contributed by atoms with Gasteiger partial charge >= 0.3 is 0 Å². The van der Waals surface area contributed by atoms with Gasteiger partial charge in [-0.15, -0.1) is 17.7 Å². The number of carbonyl (C=O) groups is 1. The minimum atomic E-state index is -0.113. The van der Waals surface area contributed by atoms with Crippen LogP contribution in [0.1, 0.15) is 60.0 Å². The van der Waals surface area contributed by atoms with Crippen molar-refractivity contribution in [1.82, 2.24) is 4.98 Å². The molecular formula is C35H30IrNO3-. The zero-order chi connectivity index (χ0) is 26.9. The van der Waals surface area contributed by atoms with Crippen molar-refractivity contribution in [2.75, 3.05) is 0 Å². The van der Waals surface area contributed by atoms with Crippen LogP contribution in [0.2, 0.25) is 0 Å². The van der Waals surface area contributed by atoms with E-state index in [2.05, 4.69) is 55.5 Å². The van der Waals surface area contributed by atoms with Crippen molar-refractivity contribution in [2.45, 2.75) is 45.4 Å². The van der Waals surface area contributed by atoms with Gasteiger partial charge in [0, 0.05) is 31.7 Å². The Hall–Kier alpha value is -3.79. The molecule has 0 spiro atoms. The largest absolute Gasteiger partial charge is 0.507 e. The van der Waals surface area contributed by atoms with Crippen LogP contribution in [0.5, 0.6) is 5.75 Å². The third-order valence-electron chi connectivity index (χ3n) is 7.68. The van der Waals surface area contributed by atoms with E-state index in [1.165, 1.54) is 49.6 Å². The molecule has 0 amide bonds. The number of ketones is 1. The molecule has 7 rings (SSSR count). The SMILES string of the molecule is CC(=O)c1ccccc1O.Cc1[c-]c(-c2nccc3cc(C4CCCC4)ccc23)c2oc3ccccc3c2c1.[Ir]. The van der Waals surface area contributed by atoms with Crippen LogP contribution in [0.3, 0.4) is 0 Å². The van der Waals surface area contributed by atoms with Crippen molar-refractivity contribution >= 4 is 38.5 Å². The third-order valence-corrected chi connectivity index (χ3v) is 7.68. The summed E-state index contributed by atoms with van der Waals surface area (Å²) in [5.41, 5.74) is 6.63. The number of nitrogens with zero attached hydrogens (tertiary/aromatic N) is 1. The first-order valence-corrected chi connectivity index (χ1v) is 13.5. The van der Waals surface area contributed by atoms with Crippen molar-refractivity contribution in [3.8, 4) is 17.0 Å². The Bertz CT molecular complexity index is 1830. The van der Waals surface area contributed by atoms with Gasteiger partial charge in [0.1, 0.15) is 11.3 Å². The second-order valence-corrected chi connectivity index (χ2v) is 10.4. The van der Waals surface area contributed by atoms with Crippen LogP contribution >= 0.6 is 0 Å². The molecule has 1 radical (unpaired) electrons. The fourth-order valence-electron chi connectivity index (χ4n) is 5.75. The molecule has 1 aliphatic carbocycles. The molecule has 1 fully saturated rings. The summed E-state index contributed by atoms with van der Waals surface area (Å²) in [5.74, 6) is 0.650. The number of aromatic hydroxyl groups is 1. The smallest absolute Gasteiger partial charge is 0.163 e. The monoisotopic (exact) mass is 705 g/mol. The fraction of sp³-hybridized carbons (Fsp3) is 0.200. The number of aromatic nitrogens is 1. The summed E-state index contributed by atoms with van der Waals surface area (Å²) in [7, 11) is 0. The van der Waals surface area contributed by atoms with Crippen LogP contribution in [-0.2, 0) is 20.1 Å². The number of furan rings is 1. The number of fused-ring (bicyclic) bond motifs is 4. The molecule has 0 aliphatic heterocycles. The first-order valence-electron chi connectivity index (χ1n) is 13.5. The van der Waals surface area contributed by atoms with Crippen molar-refractivity contribution in [3.63, 3.8) is 0 Å². The average molecular weight is 705 g/mol. The van der Waals surface area contributed by atoms with Crippen LogP contribution in [0.25, 0.3) is 44.0 Å². The van der Waals surface area contributed by atoms with Crippen molar-refractivity contribution < 1.29 is 34.4 Å². The van der Waals surface area contributed by atoms with E-state index in [-0.39, 0.29) is 31.6 Å². The van der Waals surface area contributed by atoms with Gasteiger partial charge in [-0.05, 0) is 72.0 Å². The molecular weight excluding hydrogens is 675 g/mol. The summed E-state index contributed by atoms with van der Waals surface area (Å²) in [6.07, 6.45) is 7.25. The molecule has 0 bridgehead atoms. The van der Waals surface area contributed by atoms with E-state index >= 15 is 0 Å². The zero-order valence-corrected chi connectivity index (χ0v) is 24.9. The van der Waals surface area contributed by atoms with Gasteiger partial charge in [-0.2, -0.15) is 0 Å². The summed E-state index contributed by atoms with van der Waals surface area (Å²) >= 11 is 0. The van der Waals surface area contributed by atoms with Gasteiger partial charge in [-0.25, -0.2) is 0 Å². The van der Waals surface area contributed by atoms with Gasteiger partial charge in [0.05, 0.1) is 11.1 Å². The number of para-hydroxylation sites is 2. The Morgan fingerprint density at radius 2 is 1.68 bits per heavy atom. The third kappa shape index (κ3) is 5.32. The second-order valence-electron chi connectivity index (χ2n) is 10.4. The van der Waals surface area contributed by atoms with Gasteiger partial charge < -0.3 is 14.5 Å². The molecule has 203 valence electrons. The molecule has 40 heavy (non-hydrogen) atoms. The Balaban J connectivity index is 0.000000251. The Morgan fingerprint density at radius 3 is 2.42 bits per heavy atom. The predicted octanol–water partition coefficient (Wildman–Crippen LogP) is 9.16. The molecule has 0 atom stereocenters. The van der Waals surface area contributed by atoms with Crippen LogP contribution < -0.4 is 0 Å². The maximum absolute atomic E-state index is 10.7. The summed E-state index contributed by atoms with van der Waals surface area (Å²) in [6, 6.07) is 29.4. The van der Waals surface area contributed by atoms with E-state index in [0.717, 1.165) is 44.1 Å². The van der Waals surface area contributed by atoms with E-state index in [4.69, 9.17) is 14.5 Å². The molecule has 1 N–H and O–H groups in total. The maximum Gasteiger partial charge on any atom is 0.163 e. The molecule has 0 unspecified atom stereocenters. The molecule has 1 aliphatic rings. The van der Waals surface area contributed by atoms with E-state index in [9.17, 15) is 4.79 Å². The normalized spacial score (nSPS) is 13.2. The van der Waals surface area contributed by atoms with Gasteiger partial charge in [-0.3, -0.25) is 4.79 Å². The summed E-state index contributed by atoms with van der Waals surface area (Å²) in [6.45, 7) is 3.52. The standard InChI is InChI=1S/C27H22NO.C8H8O2.Ir/c1-17-14-23-22-8-4-5-9-25(22)29-27(23)24(15-17)26-21-11-10-19(18-6-2-3-7-18)16-20(21)12-13-28-26;1-6(9)7-4-2-3-5-8(7)10;/h4-5,8-14,16,18H,2-3,6-7H2,1H3;2-5,10H,1H3;/q-1;;. The first-order chi connectivity index (χ1) is 19.0. The number of phenolic OH excluding ortho intramolecular Hbond substituents is 1. The number of Topliss-reactive ketones (excluding diaryl/α,β-unsaturated/α-hetero) is 1. The zero-order valence-electron chi connectivity index (χ0n) is 22.5. The van der Waals surface area contributed by atoms with E-state index in [0.29, 0.717) is 11.5 Å². The Morgan fingerprint density at radius 1 is 0.925 bits per heavy atom. The summed E-state index contributed by atoms with van der Waals surface area (Å²) in [4.78, 5) is 15.5. The molecule has 6 aromatic rings. The van der Waals surface area contributed by atoms with Crippen LogP contribution in [0, 0.1) is 13.0 Å². The molecule has 2 heterocycles. The number of pyridine rings is 1. The minimum Gasteiger partial charge on any atom is -0.507 e. The predicted molar refractivity (Wildman–Crippen MR) is 157 cm³/mol. The number of hydrogen-bond acceptors (Lipinski definition) is 4. The van der Waals surface area contributed by atoms with Crippen LogP contribution in [0.15, 0.2) is 89.5 Å². The van der Waals surface area contributed by atoms with E-state index in [1.807, 2.05) is 18.3 Å². The van der Waals surface area contributed by atoms with Gasteiger partial charge in [0.2, 0.25) is 0 Å². The number of benzene rings is 4. The fourth-order valence-corrected chi connectivity index (χ4v) is 5.75. The average Bonchev–Trinajstić information content (AvgIpc) is 3.61. The minimum absolute atomic E-state index is 0. The van der Waals surface area contributed by atoms with E-state index in [1.54, 1.807) is 18.2 Å². The van der Waals surface area contributed by atoms with Gasteiger partial charge in [-0.1, -0.05) is 79.2 Å². The number of hydrogen-bond donors (Lipinski definition) is 1. The van der Waals surface area contributed by atoms with Crippen LogP contribution in [-0.4, -0.2) is 15.9 Å². The molecule has 0 saturated heterocycles. The van der Waals surface area contributed by atoms with Crippen molar-refractivity contribution in [1.29, 1.82) is 0 Å². The molecule has 1 saturated carbocycles. The summed E-state index contributed by atoms with van der Waals surface area (Å²) in [5, 5.41) is 13.7. The molecule has 4 nitrogen and oxygen atoms in total. The second kappa shape index (κ2) is 11.8. The topological polar surface area (TPSA) is 63.3 Å². The maximum atomic E-state index is 10.7. The van der Waals surface area contributed by atoms with E-state index < -0.39 is 0 Å². The number of aryl methyl sites for hydroxylation is 1. The molecule has 2 aromatic heterocycles. The Kier molecular flexibility index (Phi) is 8.16. The molecule has 4 aromatic carbocycles. The summed E-state index contributed by atoms with van der Waals surface area (Å²) < 4.78 is 6.28. The first kappa shape index (κ1) is 27.8. The number of carbonyl (C=O) groups excluding carboxylic acids is 1. The Labute approximate surface area is 247 Å². The van der Waals surface area contributed by atoms with Crippen molar-refractivity contribution in [2.24, 2.45) is 0 Å². The van der Waals surface area contributed by atoms with Gasteiger partial charge in [0.25, 0.3) is 0 Å². The van der Waals surface area contributed by atoms with Gasteiger partial charge in [0.15, 0.2) is 5.78 Å². The quantitative estimate of drug-likeness (QED) is 0.148.